The molecule has 4 nitrogen and oxygen atoms in total. The summed E-state index contributed by atoms with van der Waals surface area (Å²) in [5.41, 5.74) is 0.894. The van der Waals surface area contributed by atoms with E-state index in [1.54, 1.807) is 24.3 Å². The van der Waals surface area contributed by atoms with Gasteiger partial charge in [-0.25, -0.2) is 13.2 Å². The largest absolute Gasteiger partial charge is 0.462 e. The molecule has 0 N–H and O–H groups in total. The fourth-order valence-corrected chi connectivity index (χ4v) is 4.22. The van der Waals surface area contributed by atoms with Crippen LogP contribution in [0.25, 0.3) is 0 Å². The number of hydrogen-bond acceptors (Lipinski definition) is 4. The summed E-state index contributed by atoms with van der Waals surface area (Å²) in [6.45, 7) is 4.45. The summed E-state index contributed by atoms with van der Waals surface area (Å²) in [7, 11) is -3.22. The van der Waals surface area contributed by atoms with Crippen molar-refractivity contribution in [3.63, 3.8) is 0 Å². The first-order chi connectivity index (χ1) is 12.0. The fourth-order valence-electron chi connectivity index (χ4n) is 2.71. The van der Waals surface area contributed by atoms with Gasteiger partial charge in [0, 0.05) is 0 Å². The van der Waals surface area contributed by atoms with Crippen molar-refractivity contribution in [3.05, 3.63) is 35.4 Å². The van der Waals surface area contributed by atoms with Crippen molar-refractivity contribution in [1.29, 1.82) is 0 Å². The summed E-state index contributed by atoms with van der Waals surface area (Å²) >= 11 is 0. The first kappa shape index (κ1) is 21.7. The van der Waals surface area contributed by atoms with Crippen LogP contribution >= 0.6 is 0 Å². The monoisotopic (exact) mass is 368 g/mol. The van der Waals surface area contributed by atoms with Gasteiger partial charge in [-0.2, -0.15) is 0 Å². The standard InChI is InChI=1S/C20H32O4S/c1-3-5-6-7-8-9-12-16-25(22,23)17-18-13-10-11-14-19(18)20(21)24-15-4-2/h10-11,13-14H,3-9,12,15-17H2,1-2H3. The molecule has 0 heterocycles. The average molecular weight is 369 g/mol. The summed E-state index contributed by atoms with van der Waals surface area (Å²) < 4.78 is 29.9. The molecule has 0 saturated carbocycles. The van der Waals surface area contributed by atoms with Crippen molar-refractivity contribution in [2.45, 2.75) is 71.0 Å². The van der Waals surface area contributed by atoms with E-state index in [9.17, 15) is 13.2 Å². The summed E-state index contributed by atoms with van der Waals surface area (Å²) in [5.74, 6) is -0.358. The van der Waals surface area contributed by atoms with Gasteiger partial charge >= 0.3 is 5.97 Å². The second kappa shape index (κ2) is 12.1. The van der Waals surface area contributed by atoms with E-state index < -0.39 is 15.8 Å². The van der Waals surface area contributed by atoms with Crippen LogP contribution in [0.15, 0.2) is 24.3 Å². The van der Waals surface area contributed by atoms with E-state index in [4.69, 9.17) is 4.74 Å². The Labute approximate surface area is 152 Å². The van der Waals surface area contributed by atoms with E-state index >= 15 is 0 Å². The summed E-state index contributed by atoms with van der Waals surface area (Å²) in [4.78, 5) is 12.1. The number of esters is 1. The number of benzene rings is 1. The predicted molar refractivity (Wildman–Crippen MR) is 102 cm³/mol. The topological polar surface area (TPSA) is 60.4 Å². The highest BCUT2D eigenvalue weighted by atomic mass is 32.2. The molecule has 25 heavy (non-hydrogen) atoms. The van der Waals surface area contributed by atoms with Gasteiger partial charge in [0.05, 0.1) is 23.7 Å². The SMILES string of the molecule is CCCCCCCCCS(=O)(=O)Cc1ccccc1C(=O)OCCC. The van der Waals surface area contributed by atoms with E-state index in [2.05, 4.69) is 6.92 Å². The average Bonchev–Trinajstić information content (AvgIpc) is 2.59. The van der Waals surface area contributed by atoms with Crippen LogP contribution in [0.4, 0.5) is 0 Å². The first-order valence-corrected chi connectivity index (χ1v) is 11.3. The minimum Gasteiger partial charge on any atom is -0.462 e. The molecule has 0 atom stereocenters. The lowest BCUT2D eigenvalue weighted by molar-refractivity contribution is 0.0504. The molecule has 1 aromatic carbocycles. The number of rotatable bonds is 13. The first-order valence-electron chi connectivity index (χ1n) is 9.45. The molecule has 1 aromatic rings. The van der Waals surface area contributed by atoms with E-state index in [0.717, 1.165) is 19.3 Å². The zero-order valence-corrected chi connectivity index (χ0v) is 16.4. The molecular formula is C20H32O4S. The molecule has 1 rings (SSSR count). The quantitative estimate of drug-likeness (QED) is 0.366. The van der Waals surface area contributed by atoms with Gasteiger partial charge in [-0.3, -0.25) is 0 Å². The molecule has 5 heteroatoms. The summed E-state index contributed by atoms with van der Waals surface area (Å²) in [5, 5.41) is 0. The zero-order valence-electron chi connectivity index (χ0n) is 15.6. The molecule has 0 aliphatic carbocycles. The fraction of sp³-hybridized carbons (Fsp3) is 0.650. The van der Waals surface area contributed by atoms with Crippen molar-refractivity contribution in [2.24, 2.45) is 0 Å². The molecule has 0 aliphatic rings. The van der Waals surface area contributed by atoms with Crippen LogP contribution in [-0.4, -0.2) is 26.7 Å². The van der Waals surface area contributed by atoms with Crippen molar-refractivity contribution < 1.29 is 17.9 Å². The second-order valence-corrected chi connectivity index (χ2v) is 8.69. The molecule has 0 unspecified atom stereocenters. The third-order valence-corrected chi connectivity index (χ3v) is 5.77. The van der Waals surface area contributed by atoms with Crippen LogP contribution in [0.3, 0.4) is 0 Å². The number of carbonyl (C=O) groups is 1. The smallest absolute Gasteiger partial charge is 0.338 e. The normalized spacial score (nSPS) is 11.4. The van der Waals surface area contributed by atoms with Crippen molar-refractivity contribution in [3.8, 4) is 0 Å². The minimum atomic E-state index is -3.22. The Hall–Kier alpha value is -1.36. The maximum absolute atomic E-state index is 12.4. The Morgan fingerprint density at radius 1 is 0.920 bits per heavy atom. The Morgan fingerprint density at radius 2 is 1.56 bits per heavy atom. The van der Waals surface area contributed by atoms with Gasteiger partial charge in [-0.15, -0.1) is 0 Å². The van der Waals surface area contributed by atoms with E-state index in [0.29, 0.717) is 24.2 Å². The van der Waals surface area contributed by atoms with Crippen molar-refractivity contribution in [2.75, 3.05) is 12.4 Å². The number of hydrogen-bond donors (Lipinski definition) is 0. The van der Waals surface area contributed by atoms with Crippen LogP contribution in [0.2, 0.25) is 0 Å². The van der Waals surface area contributed by atoms with Gasteiger partial charge in [0.1, 0.15) is 0 Å². The van der Waals surface area contributed by atoms with Crippen molar-refractivity contribution >= 4 is 15.8 Å². The number of carbonyl (C=O) groups excluding carboxylic acids is 1. The van der Waals surface area contributed by atoms with Gasteiger partial charge in [0.25, 0.3) is 0 Å². The number of sulfone groups is 1. The van der Waals surface area contributed by atoms with Gasteiger partial charge < -0.3 is 4.74 Å². The van der Waals surface area contributed by atoms with Gasteiger partial charge in [-0.1, -0.05) is 70.6 Å². The lowest BCUT2D eigenvalue weighted by atomic mass is 10.1. The zero-order chi connectivity index (χ0) is 18.5. The Morgan fingerprint density at radius 3 is 2.24 bits per heavy atom. The predicted octanol–water partition coefficient (Wildman–Crippen LogP) is 4.92. The molecule has 0 spiro atoms. The van der Waals surface area contributed by atoms with Gasteiger partial charge in [-0.05, 0) is 24.5 Å². The Kier molecular flexibility index (Phi) is 10.5. The number of unbranched alkanes of at least 4 members (excludes halogenated alkanes) is 6. The highest BCUT2D eigenvalue weighted by Crippen LogP contribution is 2.16. The maximum atomic E-state index is 12.4. The molecule has 0 radical (unpaired) electrons. The Bertz CT molecular complexity index is 608. The maximum Gasteiger partial charge on any atom is 0.338 e. The van der Waals surface area contributed by atoms with E-state index in [1.165, 1.54) is 25.7 Å². The van der Waals surface area contributed by atoms with Gasteiger partial charge in [0.15, 0.2) is 9.84 Å². The summed E-state index contributed by atoms with van der Waals surface area (Å²) in [6.07, 6.45) is 8.36. The molecule has 0 amide bonds. The summed E-state index contributed by atoms with van der Waals surface area (Å²) in [6, 6.07) is 6.82. The van der Waals surface area contributed by atoms with Crippen LogP contribution in [0, 0.1) is 0 Å². The highest BCUT2D eigenvalue weighted by Gasteiger charge is 2.18. The van der Waals surface area contributed by atoms with Crippen LogP contribution in [0.1, 0.15) is 81.1 Å². The molecule has 0 aliphatic heterocycles. The highest BCUT2D eigenvalue weighted by molar-refractivity contribution is 7.90. The lowest BCUT2D eigenvalue weighted by Gasteiger charge is -2.10. The molecule has 0 fully saturated rings. The third-order valence-electron chi connectivity index (χ3n) is 4.11. The van der Waals surface area contributed by atoms with Crippen LogP contribution in [-0.2, 0) is 20.3 Å². The molecule has 0 aromatic heterocycles. The lowest BCUT2D eigenvalue weighted by Crippen LogP contribution is -2.14. The van der Waals surface area contributed by atoms with E-state index in [1.807, 2.05) is 6.92 Å². The van der Waals surface area contributed by atoms with E-state index in [-0.39, 0.29) is 11.5 Å². The Balaban J connectivity index is 2.52. The third kappa shape index (κ3) is 9.05. The molecule has 142 valence electrons. The molecule has 0 saturated heterocycles. The van der Waals surface area contributed by atoms with Crippen LogP contribution in [0.5, 0.6) is 0 Å². The van der Waals surface area contributed by atoms with Crippen molar-refractivity contribution in [1.82, 2.24) is 0 Å². The van der Waals surface area contributed by atoms with Gasteiger partial charge in [0.2, 0.25) is 0 Å². The molecular weight excluding hydrogens is 336 g/mol. The second-order valence-electron chi connectivity index (χ2n) is 6.51. The molecule has 0 bridgehead atoms. The number of ether oxygens (including phenoxy) is 1. The minimum absolute atomic E-state index is 0.0970. The van der Waals surface area contributed by atoms with Crippen LogP contribution < -0.4 is 0 Å².